The molecule has 3 rings (SSSR count). The summed E-state index contributed by atoms with van der Waals surface area (Å²) in [5.74, 6) is 1.65. The summed E-state index contributed by atoms with van der Waals surface area (Å²) in [5.41, 5.74) is 1.80. The number of methoxy groups -OCH3 is 1. The van der Waals surface area contributed by atoms with E-state index in [2.05, 4.69) is 15.1 Å². The number of hydrogen-bond donors (Lipinski definition) is 1. The lowest BCUT2D eigenvalue weighted by Gasteiger charge is -2.35. The van der Waals surface area contributed by atoms with Gasteiger partial charge in [0.2, 0.25) is 5.91 Å². The third-order valence-corrected chi connectivity index (χ3v) is 4.45. The second-order valence-electron chi connectivity index (χ2n) is 6.13. The van der Waals surface area contributed by atoms with Crippen LogP contribution in [0.1, 0.15) is 11.1 Å². The molecule has 0 atom stereocenters. The van der Waals surface area contributed by atoms with E-state index in [1.165, 1.54) is 6.07 Å². The van der Waals surface area contributed by atoms with Gasteiger partial charge >= 0.3 is 0 Å². The summed E-state index contributed by atoms with van der Waals surface area (Å²) >= 11 is 0. The van der Waals surface area contributed by atoms with E-state index >= 15 is 0 Å². The average molecular weight is 342 g/mol. The topological polar surface area (TPSA) is 78.5 Å². The number of nitrogens with one attached hydrogen (secondary N) is 1. The summed E-state index contributed by atoms with van der Waals surface area (Å²) in [6, 6.07) is 9.03. The molecule has 1 amide bonds. The van der Waals surface area contributed by atoms with Gasteiger partial charge in [0.05, 0.1) is 13.5 Å². The van der Waals surface area contributed by atoms with E-state index in [0.717, 1.165) is 22.7 Å². The van der Waals surface area contributed by atoms with Gasteiger partial charge in [0, 0.05) is 32.2 Å². The molecular formula is C18H22N4O3. The summed E-state index contributed by atoms with van der Waals surface area (Å²) < 4.78 is 5.32. The number of amides is 1. The number of rotatable bonds is 4. The summed E-state index contributed by atoms with van der Waals surface area (Å²) in [6.07, 6.45) is 0.369. The van der Waals surface area contributed by atoms with E-state index in [0.29, 0.717) is 32.6 Å². The molecule has 0 unspecified atom stereocenters. The number of H-pyrrole nitrogens is 1. The maximum absolute atomic E-state index is 12.5. The van der Waals surface area contributed by atoms with Gasteiger partial charge in [-0.1, -0.05) is 12.1 Å². The number of nitrogens with zero attached hydrogens (tertiary/aromatic N) is 3. The van der Waals surface area contributed by atoms with E-state index in [-0.39, 0.29) is 11.5 Å². The smallest absolute Gasteiger partial charge is 0.264 e. The SMILES string of the molecule is COc1cc(CC(=O)N2CCN(c3ccc(=O)[nH]n3)CC2)ccc1C. The average Bonchev–Trinajstić information content (AvgIpc) is 2.64. The van der Waals surface area contributed by atoms with Crippen molar-refractivity contribution in [3.05, 3.63) is 51.8 Å². The summed E-state index contributed by atoms with van der Waals surface area (Å²) in [6.45, 7) is 4.66. The van der Waals surface area contributed by atoms with Crippen LogP contribution in [0.2, 0.25) is 0 Å². The van der Waals surface area contributed by atoms with Crippen molar-refractivity contribution in [3.63, 3.8) is 0 Å². The van der Waals surface area contributed by atoms with Crippen molar-refractivity contribution >= 4 is 11.7 Å². The molecular weight excluding hydrogens is 320 g/mol. The lowest BCUT2D eigenvalue weighted by molar-refractivity contribution is -0.130. The Morgan fingerprint density at radius 2 is 1.96 bits per heavy atom. The number of carbonyl (C=O) groups excluding carboxylic acids is 1. The van der Waals surface area contributed by atoms with E-state index in [1.807, 2.05) is 30.0 Å². The number of hydrogen-bond acceptors (Lipinski definition) is 5. The lowest BCUT2D eigenvalue weighted by atomic mass is 10.1. The molecule has 0 bridgehead atoms. The number of ether oxygens (including phenoxy) is 1. The summed E-state index contributed by atoms with van der Waals surface area (Å²) in [7, 11) is 1.64. The van der Waals surface area contributed by atoms with E-state index < -0.39 is 0 Å². The minimum absolute atomic E-state index is 0.111. The minimum Gasteiger partial charge on any atom is -0.496 e. The molecule has 7 heteroatoms. The van der Waals surface area contributed by atoms with Crippen molar-refractivity contribution in [1.82, 2.24) is 15.1 Å². The zero-order valence-electron chi connectivity index (χ0n) is 14.5. The highest BCUT2D eigenvalue weighted by atomic mass is 16.5. The second kappa shape index (κ2) is 7.38. The van der Waals surface area contributed by atoms with Crippen LogP contribution in [0.3, 0.4) is 0 Å². The van der Waals surface area contributed by atoms with Gasteiger partial charge in [-0.3, -0.25) is 9.59 Å². The Hall–Kier alpha value is -2.83. The molecule has 7 nitrogen and oxygen atoms in total. The van der Waals surface area contributed by atoms with E-state index in [9.17, 15) is 9.59 Å². The van der Waals surface area contributed by atoms with Crippen molar-refractivity contribution in [3.8, 4) is 5.75 Å². The molecule has 0 aliphatic carbocycles. The molecule has 132 valence electrons. The monoisotopic (exact) mass is 342 g/mol. The first kappa shape index (κ1) is 17.0. The highest BCUT2D eigenvalue weighted by Gasteiger charge is 2.22. The molecule has 1 aromatic carbocycles. The van der Waals surface area contributed by atoms with E-state index in [1.54, 1.807) is 13.2 Å². The number of aromatic nitrogens is 2. The van der Waals surface area contributed by atoms with Crippen LogP contribution in [0.5, 0.6) is 5.75 Å². The molecule has 25 heavy (non-hydrogen) atoms. The molecule has 0 radical (unpaired) electrons. The highest BCUT2D eigenvalue weighted by molar-refractivity contribution is 5.79. The predicted octanol–water partition coefficient (Wildman–Crippen LogP) is 0.978. The predicted molar refractivity (Wildman–Crippen MR) is 95.1 cm³/mol. The van der Waals surface area contributed by atoms with Gasteiger partial charge in [0.25, 0.3) is 5.56 Å². The fraction of sp³-hybridized carbons (Fsp3) is 0.389. The van der Waals surface area contributed by atoms with Gasteiger partial charge in [0.15, 0.2) is 0 Å². The number of piperazine rings is 1. The van der Waals surface area contributed by atoms with Gasteiger partial charge in [-0.25, -0.2) is 5.10 Å². The first-order chi connectivity index (χ1) is 12.1. The third kappa shape index (κ3) is 3.99. The zero-order chi connectivity index (χ0) is 17.8. The fourth-order valence-electron chi connectivity index (χ4n) is 2.96. The molecule has 2 heterocycles. The number of aryl methyl sites for hydroxylation is 1. The third-order valence-electron chi connectivity index (χ3n) is 4.45. The quantitative estimate of drug-likeness (QED) is 0.896. The molecule has 1 saturated heterocycles. The number of aromatic amines is 1. The Morgan fingerprint density at radius 3 is 2.60 bits per heavy atom. The summed E-state index contributed by atoms with van der Waals surface area (Å²) in [5, 5.41) is 6.48. The molecule has 1 N–H and O–H groups in total. The molecule has 0 saturated carbocycles. The first-order valence-electron chi connectivity index (χ1n) is 8.29. The maximum atomic E-state index is 12.5. The van der Waals surface area contributed by atoms with Crippen molar-refractivity contribution in [2.75, 3.05) is 38.2 Å². The van der Waals surface area contributed by atoms with Crippen LogP contribution in [0.25, 0.3) is 0 Å². The summed E-state index contributed by atoms with van der Waals surface area (Å²) in [4.78, 5) is 27.6. The van der Waals surface area contributed by atoms with Gasteiger partial charge in [0.1, 0.15) is 11.6 Å². The number of carbonyl (C=O) groups is 1. The van der Waals surface area contributed by atoms with Crippen molar-refractivity contribution in [1.29, 1.82) is 0 Å². The number of anilines is 1. The van der Waals surface area contributed by atoms with Crippen molar-refractivity contribution < 1.29 is 9.53 Å². The zero-order valence-corrected chi connectivity index (χ0v) is 14.5. The maximum Gasteiger partial charge on any atom is 0.264 e. The van der Waals surface area contributed by atoms with Gasteiger partial charge in [-0.15, -0.1) is 0 Å². The Morgan fingerprint density at radius 1 is 1.20 bits per heavy atom. The van der Waals surface area contributed by atoms with Crippen LogP contribution in [-0.2, 0) is 11.2 Å². The highest BCUT2D eigenvalue weighted by Crippen LogP contribution is 2.20. The Labute approximate surface area is 146 Å². The van der Waals surface area contributed by atoms with Crippen LogP contribution >= 0.6 is 0 Å². The normalized spacial score (nSPS) is 14.5. The Kier molecular flexibility index (Phi) is 5.02. The van der Waals surface area contributed by atoms with Gasteiger partial charge < -0.3 is 14.5 Å². The molecule has 1 fully saturated rings. The van der Waals surface area contributed by atoms with Crippen LogP contribution < -0.4 is 15.2 Å². The molecule has 0 spiro atoms. The second-order valence-corrected chi connectivity index (χ2v) is 6.13. The first-order valence-corrected chi connectivity index (χ1v) is 8.29. The van der Waals surface area contributed by atoms with Crippen LogP contribution in [-0.4, -0.2) is 54.3 Å². The number of benzene rings is 1. The minimum atomic E-state index is -0.217. The van der Waals surface area contributed by atoms with Crippen molar-refractivity contribution in [2.45, 2.75) is 13.3 Å². The Balaban J connectivity index is 1.58. The molecule has 2 aromatic rings. The van der Waals surface area contributed by atoms with Gasteiger partial charge in [-0.05, 0) is 30.2 Å². The molecule has 1 aromatic heterocycles. The Bertz CT molecular complexity index is 790. The van der Waals surface area contributed by atoms with Crippen LogP contribution in [0.15, 0.2) is 35.1 Å². The lowest BCUT2D eigenvalue weighted by Crippen LogP contribution is -2.49. The van der Waals surface area contributed by atoms with Gasteiger partial charge in [-0.2, -0.15) is 5.10 Å². The standard InChI is InChI=1S/C18H22N4O3/c1-13-3-4-14(11-15(13)25-2)12-18(24)22-9-7-21(8-10-22)16-5-6-17(23)20-19-16/h3-6,11H,7-10,12H2,1-2H3,(H,20,23). The molecule has 1 aliphatic rings. The molecule has 1 aliphatic heterocycles. The largest absolute Gasteiger partial charge is 0.496 e. The van der Waals surface area contributed by atoms with Crippen molar-refractivity contribution in [2.24, 2.45) is 0 Å². The van der Waals surface area contributed by atoms with Crippen LogP contribution in [0.4, 0.5) is 5.82 Å². The fourth-order valence-corrected chi connectivity index (χ4v) is 2.96. The van der Waals surface area contributed by atoms with E-state index in [4.69, 9.17) is 4.74 Å². The van der Waals surface area contributed by atoms with Crippen LogP contribution in [0, 0.1) is 6.92 Å².